The number of aromatic nitrogens is 2. The fourth-order valence-electron chi connectivity index (χ4n) is 4.69. The Bertz CT molecular complexity index is 521. The molecule has 0 radical (unpaired) electrons. The third kappa shape index (κ3) is 4.12. The van der Waals surface area contributed by atoms with Gasteiger partial charge in [-0.15, -0.1) is 0 Å². The van der Waals surface area contributed by atoms with Crippen LogP contribution in [0, 0.1) is 11.8 Å². The molecule has 0 amide bonds. The molecular weight excluding hydrogens is 303 g/mol. The molecule has 0 bridgehead atoms. The molecule has 4 nitrogen and oxygen atoms in total. The quantitative estimate of drug-likeness (QED) is 0.869. The zero-order chi connectivity index (χ0) is 16.4. The van der Waals surface area contributed by atoms with Gasteiger partial charge in [-0.3, -0.25) is 4.90 Å². The molecule has 4 atom stereocenters. The Morgan fingerprint density at radius 1 is 1.08 bits per heavy atom. The molecule has 1 aliphatic heterocycles. The van der Waals surface area contributed by atoms with Gasteiger partial charge >= 0.3 is 0 Å². The molecule has 0 aromatic carbocycles. The zero-order valence-corrected chi connectivity index (χ0v) is 14.4. The van der Waals surface area contributed by atoms with Crippen molar-refractivity contribution < 1.29 is 4.39 Å². The van der Waals surface area contributed by atoms with Crippen LogP contribution in [0.15, 0.2) is 18.7 Å². The Balaban J connectivity index is 1.29. The van der Waals surface area contributed by atoms with E-state index in [1.165, 1.54) is 38.5 Å². The van der Waals surface area contributed by atoms with Crippen LogP contribution in [0.1, 0.15) is 50.5 Å². The fourth-order valence-corrected chi connectivity index (χ4v) is 4.69. The van der Waals surface area contributed by atoms with Crippen LogP contribution < -0.4 is 5.32 Å². The average Bonchev–Trinajstić information content (AvgIpc) is 3.39. The second-order valence-electron chi connectivity index (χ2n) is 8.03. The summed E-state index contributed by atoms with van der Waals surface area (Å²) in [5.41, 5.74) is 1.07. The molecule has 4 rings (SSSR count). The van der Waals surface area contributed by atoms with Gasteiger partial charge in [0.05, 0.1) is 0 Å². The molecule has 5 heteroatoms. The normalized spacial score (nSPS) is 34.5. The molecule has 132 valence electrons. The summed E-state index contributed by atoms with van der Waals surface area (Å²) in [6, 6.07) is 0.937. The first-order valence-corrected chi connectivity index (χ1v) is 9.63. The van der Waals surface area contributed by atoms with Gasteiger partial charge in [0.1, 0.15) is 12.5 Å². The van der Waals surface area contributed by atoms with Gasteiger partial charge in [0.15, 0.2) is 0 Å². The van der Waals surface area contributed by atoms with Crippen LogP contribution in [0.25, 0.3) is 0 Å². The van der Waals surface area contributed by atoms with Crippen LogP contribution >= 0.6 is 0 Å². The smallest absolute Gasteiger partial charge is 0.115 e. The average molecular weight is 332 g/mol. The number of halogens is 1. The van der Waals surface area contributed by atoms with Gasteiger partial charge in [0.25, 0.3) is 0 Å². The maximum atomic E-state index is 14.0. The maximum Gasteiger partial charge on any atom is 0.115 e. The SMILES string of the molecule is F[C@H]1C[C@@H](CN[C@@H]2CCC[C@H](C3CC3)C2)N(Cc2cncnc2)C1. The lowest BCUT2D eigenvalue weighted by atomic mass is 9.82. The molecular formula is C19H29FN4. The van der Waals surface area contributed by atoms with E-state index in [-0.39, 0.29) is 0 Å². The molecule has 0 unspecified atom stereocenters. The van der Waals surface area contributed by atoms with Crippen molar-refractivity contribution in [2.45, 2.75) is 69.7 Å². The maximum absolute atomic E-state index is 14.0. The molecule has 0 spiro atoms. The van der Waals surface area contributed by atoms with E-state index < -0.39 is 6.17 Å². The predicted molar refractivity (Wildman–Crippen MR) is 92.2 cm³/mol. The Kier molecular flexibility index (Phi) is 5.09. The lowest BCUT2D eigenvalue weighted by Gasteiger charge is -2.32. The van der Waals surface area contributed by atoms with Gasteiger partial charge in [-0.25, -0.2) is 14.4 Å². The number of rotatable bonds is 6. The molecule has 2 saturated carbocycles. The van der Waals surface area contributed by atoms with Crippen molar-refractivity contribution in [1.82, 2.24) is 20.2 Å². The highest BCUT2D eigenvalue weighted by Crippen LogP contribution is 2.43. The van der Waals surface area contributed by atoms with Gasteiger partial charge < -0.3 is 5.32 Å². The van der Waals surface area contributed by atoms with Crippen molar-refractivity contribution in [1.29, 1.82) is 0 Å². The number of nitrogens with one attached hydrogen (secondary N) is 1. The fraction of sp³-hybridized carbons (Fsp3) is 0.789. The molecule has 1 N–H and O–H groups in total. The molecule has 1 aromatic heterocycles. The van der Waals surface area contributed by atoms with Gasteiger partial charge in [0.2, 0.25) is 0 Å². The largest absolute Gasteiger partial charge is 0.312 e. The minimum absolute atomic E-state index is 0.293. The first kappa shape index (κ1) is 16.4. The number of likely N-dealkylation sites (tertiary alicyclic amines) is 1. The Labute approximate surface area is 144 Å². The van der Waals surface area contributed by atoms with Crippen molar-refractivity contribution in [2.24, 2.45) is 11.8 Å². The Morgan fingerprint density at radius 3 is 2.71 bits per heavy atom. The summed E-state index contributed by atoms with van der Waals surface area (Å²) in [6.45, 7) is 2.20. The summed E-state index contributed by atoms with van der Waals surface area (Å²) < 4.78 is 14.0. The van der Waals surface area contributed by atoms with Crippen LogP contribution in [-0.4, -0.2) is 46.2 Å². The molecule has 1 aromatic rings. The minimum atomic E-state index is -0.702. The highest BCUT2D eigenvalue weighted by Gasteiger charge is 2.36. The summed E-state index contributed by atoms with van der Waals surface area (Å²) in [7, 11) is 0. The highest BCUT2D eigenvalue weighted by molar-refractivity contribution is 5.04. The third-order valence-electron chi connectivity index (χ3n) is 6.12. The predicted octanol–water partition coefficient (Wildman–Crippen LogP) is 2.95. The van der Waals surface area contributed by atoms with Crippen molar-refractivity contribution in [3.05, 3.63) is 24.3 Å². The third-order valence-corrected chi connectivity index (χ3v) is 6.12. The first-order chi connectivity index (χ1) is 11.8. The van der Waals surface area contributed by atoms with E-state index in [1.54, 1.807) is 6.33 Å². The monoisotopic (exact) mass is 332 g/mol. The highest BCUT2D eigenvalue weighted by atomic mass is 19.1. The standard InChI is InChI=1S/C19H29FN4/c20-17-7-19(24(12-17)11-14-8-21-13-22-9-14)10-23-18-3-1-2-16(6-18)15-4-5-15/h8-9,13,15-19,23H,1-7,10-12H2/t16-,17-,18+,19-/m0/s1. The Hall–Kier alpha value is -1.07. The molecule has 2 heterocycles. The van der Waals surface area contributed by atoms with Crippen molar-refractivity contribution in [3.63, 3.8) is 0 Å². The zero-order valence-electron chi connectivity index (χ0n) is 14.4. The summed E-state index contributed by atoms with van der Waals surface area (Å²) in [4.78, 5) is 10.4. The van der Waals surface area contributed by atoms with Crippen molar-refractivity contribution in [3.8, 4) is 0 Å². The number of hydrogen-bond donors (Lipinski definition) is 1. The second kappa shape index (κ2) is 7.44. The van der Waals surface area contributed by atoms with Gasteiger partial charge in [-0.05, 0) is 43.9 Å². The number of nitrogens with zero attached hydrogens (tertiary/aromatic N) is 3. The van der Waals surface area contributed by atoms with E-state index in [0.29, 0.717) is 25.0 Å². The van der Waals surface area contributed by atoms with Crippen molar-refractivity contribution in [2.75, 3.05) is 13.1 Å². The summed E-state index contributed by atoms with van der Waals surface area (Å²) in [5, 5.41) is 3.77. The Morgan fingerprint density at radius 2 is 1.92 bits per heavy atom. The second-order valence-corrected chi connectivity index (χ2v) is 8.03. The van der Waals surface area contributed by atoms with Crippen molar-refractivity contribution >= 4 is 0 Å². The van der Waals surface area contributed by atoms with Crippen LogP contribution in [-0.2, 0) is 6.54 Å². The van der Waals surface area contributed by atoms with Gasteiger partial charge in [0, 0.05) is 49.7 Å². The van der Waals surface area contributed by atoms with Gasteiger partial charge in [-0.1, -0.05) is 12.8 Å². The van der Waals surface area contributed by atoms with E-state index in [1.807, 2.05) is 12.4 Å². The molecule has 3 fully saturated rings. The van der Waals surface area contributed by atoms with E-state index in [0.717, 1.165) is 30.5 Å². The first-order valence-electron chi connectivity index (χ1n) is 9.63. The van der Waals surface area contributed by atoms with Crippen LogP contribution in [0.3, 0.4) is 0 Å². The molecule has 2 aliphatic carbocycles. The minimum Gasteiger partial charge on any atom is -0.312 e. The van der Waals surface area contributed by atoms with E-state index >= 15 is 0 Å². The summed E-state index contributed by atoms with van der Waals surface area (Å²) in [6.07, 6.45) is 13.5. The van der Waals surface area contributed by atoms with E-state index in [2.05, 4.69) is 20.2 Å². The summed E-state index contributed by atoms with van der Waals surface area (Å²) in [5.74, 6) is 1.97. The molecule has 24 heavy (non-hydrogen) atoms. The van der Waals surface area contributed by atoms with Crippen LogP contribution in [0.5, 0.6) is 0 Å². The van der Waals surface area contributed by atoms with E-state index in [4.69, 9.17) is 0 Å². The van der Waals surface area contributed by atoms with Crippen LogP contribution in [0.4, 0.5) is 4.39 Å². The lowest BCUT2D eigenvalue weighted by molar-refractivity contribution is 0.208. The lowest BCUT2D eigenvalue weighted by Crippen LogP contribution is -2.43. The summed E-state index contributed by atoms with van der Waals surface area (Å²) >= 11 is 0. The number of alkyl halides is 1. The topological polar surface area (TPSA) is 41.0 Å². The van der Waals surface area contributed by atoms with E-state index in [9.17, 15) is 4.39 Å². The van der Waals surface area contributed by atoms with Gasteiger partial charge in [-0.2, -0.15) is 0 Å². The van der Waals surface area contributed by atoms with Crippen LogP contribution in [0.2, 0.25) is 0 Å². The molecule has 1 saturated heterocycles. The number of hydrogen-bond acceptors (Lipinski definition) is 4. The molecule has 3 aliphatic rings.